The molecule has 4 nitrogen and oxygen atoms in total. The van der Waals surface area contributed by atoms with Crippen LogP contribution in [0.25, 0.3) is 0 Å². The predicted molar refractivity (Wildman–Crippen MR) is 103 cm³/mol. The van der Waals surface area contributed by atoms with Gasteiger partial charge in [-0.15, -0.1) is 0 Å². The second-order valence-electron chi connectivity index (χ2n) is 7.80. The molecule has 0 amide bonds. The molecular formula is C22H29N3O. The smallest absolute Gasteiger partial charge is 0.316 e. The Balaban J connectivity index is 1.21. The largest absolute Gasteiger partial charge is 0.463 e. The van der Waals surface area contributed by atoms with Gasteiger partial charge in [-0.1, -0.05) is 31.2 Å². The fraction of sp³-hybridized carbons (Fsp3) is 0.545. The molecule has 0 unspecified atom stereocenters. The SMILES string of the molecule is CCc1cnc(OC[C@H]2C[C@H](c3ccc(CN4CCCC4)cc3)C2)nc1. The number of hydrogen-bond acceptors (Lipinski definition) is 4. The van der Waals surface area contributed by atoms with E-state index >= 15 is 0 Å². The predicted octanol–water partition coefficient (Wildman–Crippen LogP) is 4.21. The zero-order valence-electron chi connectivity index (χ0n) is 15.7. The van der Waals surface area contributed by atoms with E-state index in [-0.39, 0.29) is 0 Å². The molecule has 0 bridgehead atoms. The minimum Gasteiger partial charge on any atom is -0.463 e. The molecule has 2 aromatic rings. The van der Waals surface area contributed by atoms with Crippen molar-refractivity contribution < 1.29 is 4.74 Å². The normalized spacial score (nSPS) is 23.0. The average molecular weight is 351 g/mol. The molecule has 1 aromatic heterocycles. The summed E-state index contributed by atoms with van der Waals surface area (Å²) in [5.74, 6) is 1.31. The highest BCUT2D eigenvalue weighted by Gasteiger charge is 2.30. The molecule has 0 radical (unpaired) electrons. The minimum absolute atomic E-state index is 0.511. The third-order valence-electron chi connectivity index (χ3n) is 5.83. The van der Waals surface area contributed by atoms with Crippen LogP contribution in [0.3, 0.4) is 0 Å². The van der Waals surface area contributed by atoms with Gasteiger partial charge in [0.15, 0.2) is 0 Å². The van der Waals surface area contributed by atoms with Gasteiger partial charge in [0.25, 0.3) is 0 Å². The second kappa shape index (κ2) is 8.17. The summed E-state index contributed by atoms with van der Waals surface area (Å²) >= 11 is 0. The molecule has 0 N–H and O–H groups in total. The first-order valence-electron chi connectivity index (χ1n) is 10.0. The molecule has 0 spiro atoms. The highest BCUT2D eigenvalue weighted by atomic mass is 16.5. The van der Waals surface area contributed by atoms with Gasteiger partial charge in [0.1, 0.15) is 0 Å². The number of benzene rings is 1. The Labute approximate surface area is 156 Å². The summed E-state index contributed by atoms with van der Waals surface area (Å²) in [6.07, 6.45) is 9.80. The van der Waals surface area contributed by atoms with Gasteiger partial charge < -0.3 is 4.74 Å². The molecule has 2 aliphatic rings. The van der Waals surface area contributed by atoms with Crippen molar-refractivity contribution in [3.8, 4) is 6.01 Å². The number of aryl methyl sites for hydroxylation is 1. The molecule has 0 atom stereocenters. The maximum atomic E-state index is 5.76. The Morgan fingerprint density at radius 3 is 2.35 bits per heavy atom. The van der Waals surface area contributed by atoms with E-state index in [4.69, 9.17) is 4.74 Å². The van der Waals surface area contributed by atoms with Gasteiger partial charge in [0.05, 0.1) is 6.61 Å². The van der Waals surface area contributed by atoms with Crippen LogP contribution >= 0.6 is 0 Å². The fourth-order valence-electron chi connectivity index (χ4n) is 4.03. The molecule has 1 aliphatic carbocycles. The first kappa shape index (κ1) is 17.5. The molecule has 1 aromatic carbocycles. The van der Waals surface area contributed by atoms with E-state index in [1.807, 2.05) is 12.4 Å². The summed E-state index contributed by atoms with van der Waals surface area (Å²) in [7, 11) is 0. The van der Waals surface area contributed by atoms with Gasteiger partial charge in [0.2, 0.25) is 0 Å². The van der Waals surface area contributed by atoms with E-state index < -0.39 is 0 Å². The van der Waals surface area contributed by atoms with Crippen molar-refractivity contribution in [2.45, 2.75) is 51.5 Å². The molecule has 4 heteroatoms. The van der Waals surface area contributed by atoms with E-state index in [1.54, 1.807) is 0 Å². The highest BCUT2D eigenvalue weighted by molar-refractivity contribution is 5.27. The molecule has 1 aliphatic heterocycles. The monoisotopic (exact) mass is 351 g/mol. The van der Waals surface area contributed by atoms with Crippen LogP contribution in [0.2, 0.25) is 0 Å². The Morgan fingerprint density at radius 2 is 1.69 bits per heavy atom. The Hall–Kier alpha value is -1.94. The van der Waals surface area contributed by atoms with Crippen LogP contribution in [0.5, 0.6) is 6.01 Å². The Morgan fingerprint density at radius 1 is 1.00 bits per heavy atom. The van der Waals surface area contributed by atoms with E-state index in [0.29, 0.717) is 17.8 Å². The van der Waals surface area contributed by atoms with Crippen LogP contribution in [0, 0.1) is 5.92 Å². The van der Waals surface area contributed by atoms with E-state index in [9.17, 15) is 0 Å². The molecule has 138 valence electrons. The van der Waals surface area contributed by atoms with Gasteiger partial charge in [0, 0.05) is 18.9 Å². The molecule has 2 heterocycles. The van der Waals surface area contributed by atoms with Crippen LogP contribution < -0.4 is 4.74 Å². The van der Waals surface area contributed by atoms with Crippen molar-refractivity contribution in [3.63, 3.8) is 0 Å². The second-order valence-corrected chi connectivity index (χ2v) is 7.80. The lowest BCUT2D eigenvalue weighted by Gasteiger charge is -2.35. The molecule has 4 rings (SSSR count). The standard InChI is InChI=1S/C22H29N3O/c1-2-17-13-23-22(24-14-17)26-16-19-11-21(12-19)20-7-5-18(6-8-20)15-25-9-3-4-10-25/h5-8,13-14,19,21H,2-4,9-12,15-16H2,1H3/t19-,21-. The van der Waals surface area contributed by atoms with Gasteiger partial charge in [-0.25, -0.2) is 9.97 Å². The van der Waals surface area contributed by atoms with Crippen LogP contribution in [-0.4, -0.2) is 34.6 Å². The zero-order valence-corrected chi connectivity index (χ0v) is 15.7. The van der Waals surface area contributed by atoms with Gasteiger partial charge in [-0.2, -0.15) is 0 Å². The summed E-state index contributed by atoms with van der Waals surface area (Å²) in [5.41, 5.74) is 4.08. The number of likely N-dealkylation sites (tertiary alicyclic amines) is 1. The topological polar surface area (TPSA) is 38.2 Å². The lowest BCUT2D eigenvalue weighted by molar-refractivity contribution is 0.149. The molecule has 1 saturated heterocycles. The molecular weight excluding hydrogens is 322 g/mol. The van der Waals surface area contributed by atoms with Crippen LogP contribution in [0.15, 0.2) is 36.7 Å². The number of ether oxygens (including phenoxy) is 1. The van der Waals surface area contributed by atoms with Crippen LogP contribution in [-0.2, 0) is 13.0 Å². The van der Waals surface area contributed by atoms with Crippen molar-refractivity contribution in [2.75, 3.05) is 19.7 Å². The van der Waals surface area contributed by atoms with Crippen molar-refractivity contribution in [3.05, 3.63) is 53.3 Å². The van der Waals surface area contributed by atoms with Crippen molar-refractivity contribution in [2.24, 2.45) is 5.92 Å². The Bertz CT molecular complexity index is 686. The quantitative estimate of drug-likeness (QED) is 0.749. The Kier molecular flexibility index (Phi) is 5.49. The summed E-state index contributed by atoms with van der Waals surface area (Å²) in [6, 6.07) is 9.82. The maximum Gasteiger partial charge on any atom is 0.316 e. The van der Waals surface area contributed by atoms with Crippen molar-refractivity contribution in [1.82, 2.24) is 14.9 Å². The fourth-order valence-corrected chi connectivity index (χ4v) is 4.03. The average Bonchev–Trinajstić information content (AvgIpc) is 3.15. The third kappa shape index (κ3) is 4.24. The van der Waals surface area contributed by atoms with Gasteiger partial charge >= 0.3 is 6.01 Å². The summed E-state index contributed by atoms with van der Waals surface area (Å²) in [6.45, 7) is 6.47. The summed E-state index contributed by atoms with van der Waals surface area (Å²) in [4.78, 5) is 11.1. The minimum atomic E-state index is 0.511. The van der Waals surface area contributed by atoms with Crippen LogP contribution in [0.1, 0.15) is 55.2 Å². The number of hydrogen-bond donors (Lipinski definition) is 0. The zero-order chi connectivity index (χ0) is 17.8. The molecule has 26 heavy (non-hydrogen) atoms. The van der Waals surface area contributed by atoms with Crippen molar-refractivity contribution in [1.29, 1.82) is 0 Å². The highest BCUT2D eigenvalue weighted by Crippen LogP contribution is 2.41. The third-order valence-corrected chi connectivity index (χ3v) is 5.83. The van der Waals surface area contributed by atoms with E-state index in [2.05, 4.69) is 46.1 Å². The number of nitrogens with zero attached hydrogens (tertiary/aromatic N) is 3. The first-order chi connectivity index (χ1) is 12.8. The first-order valence-corrected chi connectivity index (χ1v) is 10.0. The van der Waals surface area contributed by atoms with Gasteiger partial charge in [-0.3, -0.25) is 4.90 Å². The van der Waals surface area contributed by atoms with E-state index in [1.165, 1.54) is 49.9 Å². The lowest BCUT2D eigenvalue weighted by atomic mass is 9.72. The van der Waals surface area contributed by atoms with E-state index in [0.717, 1.165) is 25.1 Å². The lowest BCUT2D eigenvalue weighted by Crippen LogP contribution is -2.27. The number of rotatable bonds is 7. The van der Waals surface area contributed by atoms with Crippen molar-refractivity contribution >= 4 is 0 Å². The van der Waals surface area contributed by atoms with Crippen LogP contribution in [0.4, 0.5) is 0 Å². The summed E-state index contributed by atoms with van der Waals surface area (Å²) in [5, 5.41) is 0. The summed E-state index contributed by atoms with van der Waals surface area (Å²) < 4.78 is 5.76. The number of aromatic nitrogens is 2. The molecule has 2 fully saturated rings. The maximum absolute atomic E-state index is 5.76. The molecule has 1 saturated carbocycles. The van der Waals surface area contributed by atoms with Gasteiger partial charge in [-0.05, 0) is 73.7 Å².